The molecule has 0 aliphatic rings. The largest absolute Gasteiger partial charge is 0.457 e. The number of ether oxygens (including phenoxy) is 1. The summed E-state index contributed by atoms with van der Waals surface area (Å²) >= 11 is 5.19. The van der Waals surface area contributed by atoms with Crippen molar-refractivity contribution in [3.05, 3.63) is 78.1 Å². The van der Waals surface area contributed by atoms with Crippen LogP contribution in [-0.4, -0.2) is 23.1 Å². The van der Waals surface area contributed by atoms with Crippen molar-refractivity contribution < 1.29 is 22.7 Å². The number of rotatable bonds is 5. The summed E-state index contributed by atoms with van der Waals surface area (Å²) < 4.78 is 44.3. The Labute approximate surface area is 181 Å². The number of nitrogens with zero attached hydrogens (tertiary/aromatic N) is 1. The summed E-state index contributed by atoms with van der Waals surface area (Å²) in [6, 6.07) is 14.6. The van der Waals surface area contributed by atoms with Gasteiger partial charge in [-0.3, -0.25) is 9.78 Å². The Morgan fingerprint density at radius 3 is 2.29 bits per heavy atom. The number of amides is 1. The molecule has 3 rings (SSSR count). The fourth-order valence-corrected chi connectivity index (χ4v) is 2.80. The van der Waals surface area contributed by atoms with Crippen molar-refractivity contribution in [1.82, 2.24) is 10.3 Å². The fourth-order valence-electron chi connectivity index (χ4n) is 2.57. The summed E-state index contributed by atoms with van der Waals surface area (Å²) in [5.41, 5.74) is 0.200. The Morgan fingerprint density at radius 1 is 0.968 bits per heavy atom. The monoisotopic (exact) mass is 446 g/mol. The van der Waals surface area contributed by atoms with Crippen LogP contribution in [0, 0.1) is 0 Å². The molecule has 0 saturated carbocycles. The Kier molecular flexibility index (Phi) is 6.71. The molecule has 31 heavy (non-hydrogen) atoms. The molecule has 3 N–H and O–H groups in total. The number of hydrogen-bond acceptors (Lipinski definition) is 4. The van der Waals surface area contributed by atoms with E-state index in [0.717, 1.165) is 12.1 Å². The lowest BCUT2D eigenvalue weighted by molar-refractivity contribution is -0.137. The van der Waals surface area contributed by atoms with Crippen LogP contribution in [0.5, 0.6) is 11.5 Å². The van der Waals surface area contributed by atoms with Crippen LogP contribution in [0.25, 0.3) is 0 Å². The van der Waals surface area contributed by atoms with Gasteiger partial charge in [-0.25, -0.2) is 0 Å². The van der Waals surface area contributed by atoms with Gasteiger partial charge in [-0.05, 0) is 48.6 Å². The second-order valence-corrected chi connectivity index (χ2v) is 6.65. The predicted octanol–water partition coefficient (Wildman–Crippen LogP) is 5.06. The van der Waals surface area contributed by atoms with Crippen LogP contribution in [0.15, 0.2) is 66.9 Å². The van der Waals surface area contributed by atoms with E-state index >= 15 is 0 Å². The number of benzene rings is 2. The van der Waals surface area contributed by atoms with E-state index in [2.05, 4.69) is 20.9 Å². The minimum atomic E-state index is -4.44. The maximum Gasteiger partial charge on any atom is 0.416 e. The van der Waals surface area contributed by atoms with Gasteiger partial charge in [0.25, 0.3) is 5.91 Å². The molecule has 0 atom stereocenters. The second kappa shape index (κ2) is 9.43. The molecule has 0 saturated heterocycles. The summed E-state index contributed by atoms with van der Waals surface area (Å²) in [5, 5.41) is 8.22. The molecule has 0 spiro atoms. The zero-order valence-electron chi connectivity index (χ0n) is 16.2. The molecule has 0 aliphatic carbocycles. The predicted molar refractivity (Wildman–Crippen MR) is 115 cm³/mol. The van der Waals surface area contributed by atoms with Crippen LogP contribution in [0.2, 0.25) is 0 Å². The maximum atomic E-state index is 12.8. The third-order valence-electron chi connectivity index (χ3n) is 3.97. The molecule has 3 aromatic rings. The second-order valence-electron chi connectivity index (χ2n) is 6.24. The van der Waals surface area contributed by atoms with Crippen LogP contribution in [0.4, 0.5) is 24.5 Å². The highest BCUT2D eigenvalue weighted by molar-refractivity contribution is 7.80. The van der Waals surface area contributed by atoms with Gasteiger partial charge in [0.1, 0.15) is 17.2 Å². The van der Waals surface area contributed by atoms with Crippen LogP contribution in [0.3, 0.4) is 0 Å². The minimum absolute atomic E-state index is 0.113. The summed E-state index contributed by atoms with van der Waals surface area (Å²) in [6.45, 7) is 0. The van der Waals surface area contributed by atoms with Gasteiger partial charge in [0.05, 0.1) is 5.56 Å². The molecule has 6 nitrogen and oxygen atoms in total. The third kappa shape index (κ3) is 6.16. The number of thiocarbonyl (C=S) groups is 1. The quantitative estimate of drug-likeness (QED) is 0.476. The average molecular weight is 446 g/mol. The van der Waals surface area contributed by atoms with E-state index in [0.29, 0.717) is 17.2 Å². The van der Waals surface area contributed by atoms with Crippen molar-refractivity contribution in [3.63, 3.8) is 0 Å². The number of aromatic nitrogens is 1. The van der Waals surface area contributed by atoms with E-state index < -0.39 is 11.7 Å². The van der Waals surface area contributed by atoms with Crippen molar-refractivity contribution in [1.29, 1.82) is 0 Å². The molecule has 160 valence electrons. The number of carbonyl (C=O) groups excluding carboxylic acids is 1. The molecule has 1 heterocycles. The zero-order valence-corrected chi connectivity index (χ0v) is 17.0. The van der Waals surface area contributed by atoms with E-state index in [-0.39, 0.29) is 22.4 Å². The number of hydrogen-bond donors (Lipinski definition) is 3. The maximum absolute atomic E-state index is 12.8. The molecule has 1 aromatic heterocycles. The Hall–Kier alpha value is -3.66. The van der Waals surface area contributed by atoms with E-state index in [1.807, 2.05) is 0 Å². The first-order chi connectivity index (χ1) is 14.7. The van der Waals surface area contributed by atoms with Crippen molar-refractivity contribution >= 4 is 34.6 Å². The van der Waals surface area contributed by atoms with Crippen LogP contribution < -0.4 is 20.7 Å². The standard InChI is InChI=1S/C21H17F3N4O2S/c1-25-19(29)18-12-17(8-9-26-18)30-16-7-3-6-15(11-16)28-20(31)27-14-5-2-4-13(10-14)21(22,23)24/h2-12H,1H3,(H,25,29)(H2,27,28,31). The first kappa shape index (κ1) is 22.0. The van der Waals surface area contributed by atoms with Crippen LogP contribution in [-0.2, 0) is 6.18 Å². The molecule has 0 unspecified atom stereocenters. The van der Waals surface area contributed by atoms with Crippen molar-refractivity contribution in [2.45, 2.75) is 6.18 Å². The van der Waals surface area contributed by atoms with Gasteiger partial charge in [0.15, 0.2) is 5.11 Å². The lowest BCUT2D eigenvalue weighted by Crippen LogP contribution is -2.19. The molecule has 1 amide bonds. The molecule has 0 fully saturated rings. The average Bonchev–Trinajstić information content (AvgIpc) is 2.73. The van der Waals surface area contributed by atoms with Gasteiger partial charge in [-0.2, -0.15) is 13.2 Å². The zero-order chi connectivity index (χ0) is 22.4. The van der Waals surface area contributed by atoms with Gasteiger partial charge in [0.2, 0.25) is 0 Å². The molecule has 2 aromatic carbocycles. The fraction of sp³-hybridized carbons (Fsp3) is 0.0952. The highest BCUT2D eigenvalue weighted by atomic mass is 32.1. The summed E-state index contributed by atoms with van der Waals surface area (Å²) in [5.74, 6) is 0.531. The molecule has 10 heteroatoms. The Morgan fingerprint density at radius 2 is 1.61 bits per heavy atom. The van der Waals surface area contributed by atoms with E-state index in [1.54, 1.807) is 30.3 Å². The molecule has 0 bridgehead atoms. The summed E-state index contributed by atoms with van der Waals surface area (Å²) in [4.78, 5) is 15.7. The molecule has 0 radical (unpaired) electrons. The van der Waals surface area contributed by atoms with Crippen LogP contribution >= 0.6 is 12.2 Å². The lowest BCUT2D eigenvalue weighted by atomic mass is 10.2. The number of alkyl halides is 3. The number of anilines is 2. The third-order valence-corrected chi connectivity index (χ3v) is 4.17. The normalized spacial score (nSPS) is 10.8. The minimum Gasteiger partial charge on any atom is -0.457 e. The summed E-state index contributed by atoms with van der Waals surface area (Å²) in [6.07, 6.45) is -2.99. The van der Waals surface area contributed by atoms with E-state index in [1.165, 1.54) is 31.4 Å². The van der Waals surface area contributed by atoms with Gasteiger partial charge in [-0.1, -0.05) is 12.1 Å². The highest BCUT2D eigenvalue weighted by Crippen LogP contribution is 2.31. The summed E-state index contributed by atoms with van der Waals surface area (Å²) in [7, 11) is 1.50. The Balaban J connectivity index is 1.67. The van der Waals surface area contributed by atoms with E-state index in [4.69, 9.17) is 17.0 Å². The lowest BCUT2D eigenvalue weighted by Gasteiger charge is -2.13. The van der Waals surface area contributed by atoms with E-state index in [9.17, 15) is 18.0 Å². The van der Waals surface area contributed by atoms with Gasteiger partial charge in [0, 0.05) is 36.8 Å². The Bertz CT molecular complexity index is 1110. The van der Waals surface area contributed by atoms with Crippen molar-refractivity contribution in [2.24, 2.45) is 0 Å². The first-order valence-corrected chi connectivity index (χ1v) is 9.37. The van der Waals surface area contributed by atoms with Crippen molar-refractivity contribution in [2.75, 3.05) is 17.7 Å². The number of halogens is 3. The molecular weight excluding hydrogens is 429 g/mol. The smallest absolute Gasteiger partial charge is 0.416 e. The molecule has 0 aliphatic heterocycles. The first-order valence-electron chi connectivity index (χ1n) is 8.96. The topological polar surface area (TPSA) is 75.3 Å². The number of nitrogens with one attached hydrogen (secondary N) is 3. The van der Waals surface area contributed by atoms with Crippen LogP contribution in [0.1, 0.15) is 16.1 Å². The van der Waals surface area contributed by atoms with Gasteiger partial charge < -0.3 is 20.7 Å². The van der Waals surface area contributed by atoms with Crippen molar-refractivity contribution in [3.8, 4) is 11.5 Å². The van der Waals surface area contributed by atoms with Gasteiger partial charge in [-0.15, -0.1) is 0 Å². The SMILES string of the molecule is CNC(=O)c1cc(Oc2cccc(NC(=S)Nc3cccc(C(F)(F)F)c3)c2)ccn1. The number of carbonyl (C=O) groups is 1. The molecular formula is C21H17F3N4O2S. The highest BCUT2D eigenvalue weighted by Gasteiger charge is 2.30. The number of pyridine rings is 1. The van der Waals surface area contributed by atoms with Gasteiger partial charge >= 0.3 is 6.18 Å².